The van der Waals surface area contributed by atoms with Gasteiger partial charge in [0, 0.05) is 12.7 Å². The minimum Gasteiger partial charge on any atom is -0.454 e. The average Bonchev–Trinajstić information content (AvgIpc) is 3.33. The number of hydrogen-bond acceptors (Lipinski definition) is 4. The van der Waals surface area contributed by atoms with E-state index in [0.717, 1.165) is 28.1 Å². The van der Waals surface area contributed by atoms with Gasteiger partial charge in [0.1, 0.15) is 5.76 Å². The van der Waals surface area contributed by atoms with E-state index in [2.05, 4.69) is 31.4 Å². The predicted octanol–water partition coefficient (Wildman–Crippen LogP) is 3.61. The highest BCUT2D eigenvalue weighted by atomic mass is 79.9. The van der Waals surface area contributed by atoms with Crippen LogP contribution in [0.1, 0.15) is 53.3 Å². The molecule has 1 unspecified atom stereocenters. The first-order valence-corrected chi connectivity index (χ1v) is 9.30. The molecule has 26 heavy (non-hydrogen) atoms. The van der Waals surface area contributed by atoms with Gasteiger partial charge in [0.2, 0.25) is 0 Å². The highest BCUT2D eigenvalue weighted by molar-refractivity contribution is 9.10. The summed E-state index contributed by atoms with van der Waals surface area (Å²) >= 11 is 3.51. The standard InChI is InChI=1S/C18H22BrN5O2/c1-5-23-9-8-15(22-23)11(2)20-18(25)16-7-6-14(26-16)10-24-13(4)17(19)12(3)21-24/h6-9,11H,5,10H2,1-4H3,(H,20,25). The Morgan fingerprint density at radius 3 is 2.69 bits per heavy atom. The fourth-order valence-corrected chi connectivity index (χ4v) is 2.97. The summed E-state index contributed by atoms with van der Waals surface area (Å²) in [5.41, 5.74) is 2.76. The second-order valence-corrected chi connectivity index (χ2v) is 6.99. The van der Waals surface area contributed by atoms with Crippen LogP contribution in [0, 0.1) is 13.8 Å². The predicted molar refractivity (Wildman–Crippen MR) is 101 cm³/mol. The quantitative estimate of drug-likeness (QED) is 0.661. The van der Waals surface area contributed by atoms with Crippen LogP contribution in [0.5, 0.6) is 0 Å². The van der Waals surface area contributed by atoms with Crippen molar-refractivity contribution in [2.24, 2.45) is 0 Å². The molecule has 0 fully saturated rings. The van der Waals surface area contributed by atoms with E-state index in [9.17, 15) is 4.79 Å². The number of carbonyl (C=O) groups is 1. The number of aryl methyl sites for hydroxylation is 2. The smallest absolute Gasteiger partial charge is 0.287 e. The number of nitrogens with one attached hydrogen (secondary N) is 1. The normalized spacial score (nSPS) is 12.3. The molecule has 138 valence electrons. The SMILES string of the molecule is CCn1ccc(C(C)NC(=O)c2ccc(Cn3nc(C)c(Br)c3C)o2)n1. The van der Waals surface area contributed by atoms with Crippen LogP contribution in [0.15, 0.2) is 33.3 Å². The zero-order valence-corrected chi connectivity index (χ0v) is 16.9. The number of nitrogens with zero attached hydrogens (tertiary/aromatic N) is 4. The highest BCUT2D eigenvalue weighted by Gasteiger charge is 2.17. The minimum atomic E-state index is -0.260. The maximum absolute atomic E-state index is 12.4. The third kappa shape index (κ3) is 3.75. The number of amides is 1. The van der Waals surface area contributed by atoms with Crippen molar-refractivity contribution in [3.8, 4) is 0 Å². The lowest BCUT2D eigenvalue weighted by Crippen LogP contribution is -2.26. The molecule has 3 aromatic heterocycles. The van der Waals surface area contributed by atoms with Gasteiger partial charge in [0.15, 0.2) is 5.76 Å². The molecule has 0 aliphatic rings. The summed E-state index contributed by atoms with van der Waals surface area (Å²) in [6, 6.07) is 5.19. The second kappa shape index (κ2) is 7.49. The fraction of sp³-hybridized carbons (Fsp3) is 0.389. The lowest BCUT2D eigenvalue weighted by molar-refractivity contribution is 0.0909. The molecule has 1 amide bonds. The van der Waals surface area contributed by atoms with Gasteiger partial charge in [-0.1, -0.05) is 0 Å². The van der Waals surface area contributed by atoms with E-state index in [1.165, 1.54) is 0 Å². The summed E-state index contributed by atoms with van der Waals surface area (Å²) in [4.78, 5) is 12.4. The Kier molecular flexibility index (Phi) is 5.31. The second-order valence-electron chi connectivity index (χ2n) is 6.20. The highest BCUT2D eigenvalue weighted by Crippen LogP contribution is 2.21. The first kappa shape index (κ1) is 18.4. The van der Waals surface area contributed by atoms with Crippen molar-refractivity contribution >= 4 is 21.8 Å². The average molecular weight is 420 g/mol. The molecular weight excluding hydrogens is 398 g/mol. The Balaban J connectivity index is 1.66. The summed E-state index contributed by atoms with van der Waals surface area (Å²) < 4.78 is 10.4. The molecule has 0 radical (unpaired) electrons. The Labute approximate surface area is 160 Å². The molecule has 0 saturated heterocycles. The zero-order valence-electron chi connectivity index (χ0n) is 15.3. The molecule has 3 aromatic rings. The van der Waals surface area contributed by atoms with E-state index >= 15 is 0 Å². The molecular formula is C18H22BrN5O2. The number of rotatable bonds is 6. The van der Waals surface area contributed by atoms with Crippen LogP contribution < -0.4 is 5.32 Å². The third-order valence-corrected chi connectivity index (χ3v) is 5.41. The number of halogens is 1. The summed E-state index contributed by atoms with van der Waals surface area (Å²) in [5.74, 6) is 0.697. The molecule has 8 heteroatoms. The van der Waals surface area contributed by atoms with Crippen LogP contribution >= 0.6 is 15.9 Å². The van der Waals surface area contributed by atoms with Gasteiger partial charge in [-0.2, -0.15) is 10.2 Å². The van der Waals surface area contributed by atoms with Gasteiger partial charge >= 0.3 is 0 Å². The van der Waals surface area contributed by atoms with Gasteiger partial charge < -0.3 is 9.73 Å². The van der Waals surface area contributed by atoms with E-state index < -0.39 is 0 Å². The van der Waals surface area contributed by atoms with E-state index in [4.69, 9.17) is 4.42 Å². The summed E-state index contributed by atoms with van der Waals surface area (Å²) in [6.45, 7) is 9.11. The Morgan fingerprint density at radius 1 is 1.31 bits per heavy atom. The lowest BCUT2D eigenvalue weighted by Gasteiger charge is -2.10. The van der Waals surface area contributed by atoms with Crippen molar-refractivity contribution in [3.05, 3.63) is 57.5 Å². The van der Waals surface area contributed by atoms with Gasteiger partial charge in [-0.25, -0.2) is 0 Å². The number of carbonyl (C=O) groups excluding carboxylic acids is 1. The Bertz CT molecular complexity index is 924. The maximum atomic E-state index is 12.4. The van der Waals surface area contributed by atoms with Crippen LogP contribution in [0.4, 0.5) is 0 Å². The van der Waals surface area contributed by atoms with Gasteiger partial charge in [-0.15, -0.1) is 0 Å². The van der Waals surface area contributed by atoms with Crippen LogP contribution in [-0.2, 0) is 13.1 Å². The molecule has 0 saturated carbocycles. The van der Waals surface area contributed by atoms with Crippen molar-refractivity contribution in [2.45, 2.75) is 46.8 Å². The van der Waals surface area contributed by atoms with Crippen molar-refractivity contribution in [3.63, 3.8) is 0 Å². The zero-order chi connectivity index (χ0) is 18.8. The van der Waals surface area contributed by atoms with Crippen molar-refractivity contribution in [2.75, 3.05) is 0 Å². The van der Waals surface area contributed by atoms with E-state index in [1.54, 1.807) is 12.1 Å². The van der Waals surface area contributed by atoms with Gasteiger partial charge in [0.05, 0.1) is 34.1 Å². The molecule has 1 atom stereocenters. The van der Waals surface area contributed by atoms with Crippen molar-refractivity contribution in [1.29, 1.82) is 0 Å². The van der Waals surface area contributed by atoms with Crippen LogP contribution in [0.2, 0.25) is 0 Å². The maximum Gasteiger partial charge on any atom is 0.287 e. The molecule has 1 N–H and O–H groups in total. The van der Waals surface area contributed by atoms with E-state index in [-0.39, 0.29) is 17.7 Å². The molecule has 3 heterocycles. The molecule has 0 aliphatic heterocycles. The largest absolute Gasteiger partial charge is 0.454 e. The molecule has 3 rings (SSSR count). The molecule has 0 bridgehead atoms. The monoisotopic (exact) mass is 419 g/mol. The first-order chi connectivity index (χ1) is 12.4. The van der Waals surface area contributed by atoms with Crippen LogP contribution in [-0.4, -0.2) is 25.5 Å². The Hall–Kier alpha value is -2.35. The summed E-state index contributed by atoms with van der Waals surface area (Å²) in [5, 5.41) is 11.8. The minimum absolute atomic E-state index is 0.198. The third-order valence-electron chi connectivity index (χ3n) is 4.26. The fourth-order valence-electron chi connectivity index (χ4n) is 2.69. The number of furan rings is 1. The molecule has 0 aromatic carbocycles. The van der Waals surface area contributed by atoms with Crippen LogP contribution in [0.3, 0.4) is 0 Å². The number of hydrogen-bond donors (Lipinski definition) is 1. The van der Waals surface area contributed by atoms with Gasteiger partial charge in [-0.05, 0) is 61.8 Å². The summed E-state index contributed by atoms with van der Waals surface area (Å²) in [7, 11) is 0. The molecule has 0 aliphatic carbocycles. The first-order valence-electron chi connectivity index (χ1n) is 8.51. The van der Waals surface area contributed by atoms with Crippen LogP contribution in [0.25, 0.3) is 0 Å². The van der Waals surface area contributed by atoms with Crippen molar-refractivity contribution in [1.82, 2.24) is 24.9 Å². The van der Waals surface area contributed by atoms with E-state index in [0.29, 0.717) is 12.3 Å². The summed E-state index contributed by atoms with van der Waals surface area (Å²) in [6.07, 6.45) is 1.90. The van der Waals surface area contributed by atoms with Crippen molar-refractivity contribution < 1.29 is 9.21 Å². The van der Waals surface area contributed by atoms with Gasteiger partial charge in [0.25, 0.3) is 5.91 Å². The van der Waals surface area contributed by atoms with E-state index in [1.807, 2.05) is 49.3 Å². The lowest BCUT2D eigenvalue weighted by atomic mass is 10.2. The topological polar surface area (TPSA) is 77.9 Å². The Morgan fingerprint density at radius 2 is 2.08 bits per heavy atom. The molecule has 0 spiro atoms. The molecule has 7 nitrogen and oxygen atoms in total. The van der Waals surface area contributed by atoms with Gasteiger partial charge in [-0.3, -0.25) is 14.2 Å². The number of aromatic nitrogens is 4.